The molecule has 0 saturated heterocycles. The molecule has 1 saturated carbocycles. The zero-order valence-corrected chi connectivity index (χ0v) is 36.0. The first-order valence-electron chi connectivity index (χ1n) is 21.7. The summed E-state index contributed by atoms with van der Waals surface area (Å²) in [5, 5.41) is 50.0. The Hall–Kier alpha value is -2.26. The zero-order valence-electron chi connectivity index (χ0n) is 35.1. The highest BCUT2D eigenvalue weighted by Crippen LogP contribution is 2.47. The van der Waals surface area contributed by atoms with Crippen molar-refractivity contribution >= 4 is 25.5 Å². The molecule has 0 bridgehead atoms. The highest BCUT2D eigenvalue weighted by Gasteiger charge is 2.51. The van der Waals surface area contributed by atoms with Gasteiger partial charge in [-0.05, 0) is 63.9 Å². The van der Waals surface area contributed by atoms with Crippen LogP contribution in [-0.4, -0.2) is 104 Å². The lowest BCUT2D eigenvalue weighted by Crippen LogP contribution is -2.64. The van der Waals surface area contributed by atoms with E-state index in [0.29, 0.717) is 19.3 Å². The number of ketones is 1. The molecule has 0 aromatic carbocycles. The van der Waals surface area contributed by atoms with E-state index in [1.807, 2.05) is 12.2 Å². The Kier molecular flexibility index (Phi) is 31.0. The van der Waals surface area contributed by atoms with E-state index in [1.165, 1.54) is 25.7 Å². The van der Waals surface area contributed by atoms with Crippen LogP contribution in [0.2, 0.25) is 0 Å². The molecule has 0 spiro atoms. The van der Waals surface area contributed by atoms with E-state index in [4.69, 9.17) is 18.5 Å². The summed E-state index contributed by atoms with van der Waals surface area (Å²) >= 11 is 0. The van der Waals surface area contributed by atoms with Gasteiger partial charge in [-0.2, -0.15) is 0 Å². The van der Waals surface area contributed by atoms with Crippen LogP contribution in [-0.2, 0) is 37.5 Å². The maximum Gasteiger partial charge on any atom is 0.472 e. The maximum atomic E-state index is 12.8. The number of carbonyl (C=O) groups excluding carboxylic acids is 3. The third kappa shape index (κ3) is 26.1. The van der Waals surface area contributed by atoms with Gasteiger partial charge in [0, 0.05) is 19.3 Å². The Morgan fingerprint density at radius 3 is 1.62 bits per heavy atom. The van der Waals surface area contributed by atoms with Gasteiger partial charge in [-0.25, -0.2) is 4.57 Å². The second kappa shape index (κ2) is 33.5. The number of aliphatic hydroxyl groups is 5. The van der Waals surface area contributed by atoms with Gasteiger partial charge in [0.15, 0.2) is 11.9 Å². The van der Waals surface area contributed by atoms with Crippen molar-refractivity contribution < 1.29 is 67.9 Å². The Morgan fingerprint density at radius 1 is 0.569 bits per heavy atom. The normalized spacial score (nSPS) is 22.8. The van der Waals surface area contributed by atoms with E-state index in [0.717, 1.165) is 89.9 Å². The Bertz CT molecular complexity index is 1220. The molecular weight excluding hydrogens is 771 g/mol. The van der Waals surface area contributed by atoms with E-state index in [1.54, 1.807) is 12.2 Å². The average molecular weight is 847 g/mol. The molecule has 0 aromatic heterocycles. The molecule has 0 amide bonds. The Labute approximate surface area is 346 Å². The summed E-state index contributed by atoms with van der Waals surface area (Å²) in [5.74, 6) is -1.03. The highest BCUT2D eigenvalue weighted by molar-refractivity contribution is 7.47. The number of allylic oxidation sites excluding steroid dienone is 6. The van der Waals surface area contributed by atoms with E-state index < -0.39 is 75.7 Å². The van der Waals surface area contributed by atoms with Crippen LogP contribution in [0.1, 0.15) is 162 Å². The highest BCUT2D eigenvalue weighted by atomic mass is 31.2. The number of esters is 2. The second-order valence-corrected chi connectivity index (χ2v) is 16.6. The molecule has 3 unspecified atom stereocenters. The van der Waals surface area contributed by atoms with E-state index >= 15 is 0 Å². The monoisotopic (exact) mass is 846 g/mol. The lowest BCUT2D eigenvalue weighted by atomic mass is 9.85. The summed E-state index contributed by atoms with van der Waals surface area (Å²) in [7, 11) is -5.14. The van der Waals surface area contributed by atoms with Crippen molar-refractivity contribution in [3.63, 3.8) is 0 Å². The summed E-state index contributed by atoms with van der Waals surface area (Å²) in [6.07, 6.45) is 19.0. The van der Waals surface area contributed by atoms with Crippen molar-refractivity contribution in [2.75, 3.05) is 13.2 Å². The zero-order chi connectivity index (χ0) is 43.0. The summed E-state index contributed by atoms with van der Waals surface area (Å²) in [4.78, 5) is 47.4. The topological polar surface area (TPSA) is 227 Å². The molecule has 1 fully saturated rings. The fraction of sp³-hybridized carbons (Fsp3) is 0.791. The molecule has 0 aromatic rings. The van der Waals surface area contributed by atoms with Crippen LogP contribution < -0.4 is 0 Å². The SMILES string of the molecule is CCCCCC/C=C\CCCCCCCC(=O)OC[C@H](COP(=O)(O)OC1[C@H](O)[C@H](O)C(O)[C@H](O)[C@H]1O)OC(=O)CCCCCCC/C=C\C=C\C(=O)CCCCC. The van der Waals surface area contributed by atoms with Crippen molar-refractivity contribution in [3.8, 4) is 0 Å². The molecule has 58 heavy (non-hydrogen) atoms. The number of hydrogen-bond acceptors (Lipinski definition) is 13. The van der Waals surface area contributed by atoms with Crippen LogP contribution >= 0.6 is 7.82 Å². The summed E-state index contributed by atoms with van der Waals surface area (Å²) in [6, 6.07) is 0. The van der Waals surface area contributed by atoms with E-state index in [2.05, 4.69) is 26.0 Å². The third-order valence-corrected chi connectivity index (χ3v) is 10.9. The molecule has 8 atom stereocenters. The fourth-order valence-corrected chi connectivity index (χ4v) is 7.29. The van der Waals surface area contributed by atoms with Gasteiger partial charge in [-0.1, -0.05) is 115 Å². The largest absolute Gasteiger partial charge is 0.472 e. The number of carbonyl (C=O) groups is 3. The van der Waals surface area contributed by atoms with Crippen LogP contribution in [0.15, 0.2) is 36.5 Å². The lowest BCUT2D eigenvalue weighted by molar-refractivity contribution is -0.220. The molecule has 0 heterocycles. The van der Waals surface area contributed by atoms with E-state index in [-0.39, 0.29) is 18.6 Å². The van der Waals surface area contributed by atoms with Crippen molar-refractivity contribution in [1.82, 2.24) is 0 Å². The minimum Gasteiger partial charge on any atom is -0.462 e. The van der Waals surface area contributed by atoms with Crippen LogP contribution in [0, 0.1) is 0 Å². The molecule has 0 radical (unpaired) electrons. The molecule has 1 aliphatic carbocycles. The summed E-state index contributed by atoms with van der Waals surface area (Å²) in [5.41, 5.74) is 0. The number of aliphatic hydroxyl groups excluding tert-OH is 5. The first-order chi connectivity index (χ1) is 27.8. The van der Waals surface area contributed by atoms with Gasteiger partial charge in [0.2, 0.25) is 0 Å². The second-order valence-electron chi connectivity index (χ2n) is 15.2. The van der Waals surface area contributed by atoms with Crippen LogP contribution in [0.5, 0.6) is 0 Å². The van der Waals surface area contributed by atoms with Crippen LogP contribution in [0.4, 0.5) is 0 Å². The number of phosphoric acid groups is 1. The minimum atomic E-state index is -5.14. The number of ether oxygens (including phenoxy) is 2. The van der Waals surface area contributed by atoms with Crippen LogP contribution in [0.3, 0.4) is 0 Å². The minimum absolute atomic E-state index is 0.0437. The number of unbranched alkanes of at least 4 members (excludes halogenated alkanes) is 16. The third-order valence-electron chi connectivity index (χ3n) is 9.93. The summed E-state index contributed by atoms with van der Waals surface area (Å²) in [6.45, 7) is 3.07. The molecule has 0 aliphatic heterocycles. The number of hydrogen-bond donors (Lipinski definition) is 6. The molecule has 336 valence electrons. The van der Waals surface area contributed by atoms with Crippen molar-refractivity contribution in [1.29, 1.82) is 0 Å². The van der Waals surface area contributed by atoms with Crippen molar-refractivity contribution in [2.45, 2.75) is 204 Å². The molecule has 6 N–H and O–H groups in total. The Morgan fingerprint density at radius 2 is 1.03 bits per heavy atom. The average Bonchev–Trinajstić information content (AvgIpc) is 3.19. The van der Waals surface area contributed by atoms with Gasteiger partial charge in [-0.15, -0.1) is 0 Å². The van der Waals surface area contributed by atoms with E-state index in [9.17, 15) is 49.4 Å². The van der Waals surface area contributed by atoms with Crippen molar-refractivity contribution in [2.24, 2.45) is 0 Å². The standard InChI is InChI=1S/C43H75O14P/c1-3-5-7-8-9-10-11-12-13-16-19-22-26-30-36(45)54-32-35(33-55-58(52,53)57-43-41(50)39(48)38(47)40(49)42(43)51)56-37(46)31-27-23-20-17-14-15-18-21-25-29-34(44)28-24-6-4-2/h10-11,18,21,25,29,35,38-43,47-51H,3-9,12-17,19-20,22-24,26-28,30-33H2,1-2H3,(H,52,53)/b11-10-,21-18-,29-25+/t35-,38?,39-,40+,41-,42-,43?/m1/s1. The molecule has 15 heteroatoms. The number of rotatable bonds is 35. The first kappa shape index (κ1) is 53.8. The summed E-state index contributed by atoms with van der Waals surface area (Å²) < 4.78 is 33.4. The first-order valence-corrected chi connectivity index (χ1v) is 23.2. The van der Waals surface area contributed by atoms with Crippen LogP contribution in [0.25, 0.3) is 0 Å². The molecule has 1 rings (SSSR count). The predicted octanol–water partition coefficient (Wildman–Crippen LogP) is 7.01. The molecule has 1 aliphatic rings. The molecule has 14 nitrogen and oxygen atoms in total. The van der Waals surface area contributed by atoms with Gasteiger partial charge in [0.05, 0.1) is 6.61 Å². The van der Waals surface area contributed by atoms with Crippen molar-refractivity contribution in [3.05, 3.63) is 36.5 Å². The molecular formula is C43H75O14P. The lowest BCUT2D eigenvalue weighted by Gasteiger charge is -2.41. The smallest absolute Gasteiger partial charge is 0.462 e. The fourth-order valence-electron chi connectivity index (χ4n) is 6.32. The predicted molar refractivity (Wildman–Crippen MR) is 221 cm³/mol. The quantitative estimate of drug-likeness (QED) is 0.00942. The van der Waals surface area contributed by atoms with Gasteiger partial charge in [0.25, 0.3) is 0 Å². The van der Waals surface area contributed by atoms with Gasteiger partial charge < -0.3 is 39.9 Å². The van der Waals surface area contributed by atoms with Gasteiger partial charge in [0.1, 0.15) is 43.2 Å². The maximum absolute atomic E-state index is 12.8. The Balaban J connectivity index is 2.53. The number of phosphoric ester groups is 1. The van der Waals surface area contributed by atoms with Gasteiger partial charge >= 0.3 is 19.8 Å². The van der Waals surface area contributed by atoms with Gasteiger partial charge in [-0.3, -0.25) is 23.4 Å².